The van der Waals surface area contributed by atoms with Gasteiger partial charge in [-0.15, -0.1) is 0 Å². The second-order valence-electron chi connectivity index (χ2n) is 7.29. The van der Waals surface area contributed by atoms with Crippen molar-refractivity contribution in [1.29, 1.82) is 0 Å². The molecule has 13 heteroatoms. The Hall–Kier alpha value is -2.77. The number of nitrogens with one attached hydrogen (secondary N) is 3. The molecule has 0 rings (SSSR count). The van der Waals surface area contributed by atoms with E-state index >= 15 is 0 Å². The number of rotatable bonds is 14. The maximum atomic E-state index is 12.5. The molecule has 0 bridgehead atoms. The van der Waals surface area contributed by atoms with Crippen LogP contribution >= 0.6 is 0 Å². The van der Waals surface area contributed by atoms with Crippen molar-refractivity contribution in [2.75, 3.05) is 6.61 Å². The van der Waals surface area contributed by atoms with Crippen molar-refractivity contribution in [1.82, 2.24) is 16.0 Å². The molecule has 178 valence electrons. The van der Waals surface area contributed by atoms with Gasteiger partial charge in [-0.1, -0.05) is 20.3 Å². The molecule has 0 aromatic rings. The van der Waals surface area contributed by atoms with E-state index in [0.29, 0.717) is 6.42 Å². The molecule has 0 heterocycles. The molecule has 0 aliphatic carbocycles. The molecule has 0 aromatic carbocycles. The van der Waals surface area contributed by atoms with Crippen LogP contribution in [-0.4, -0.2) is 81.8 Å². The minimum atomic E-state index is -1.66. The molecule has 0 saturated carbocycles. The van der Waals surface area contributed by atoms with E-state index in [-0.39, 0.29) is 18.8 Å². The normalized spacial score (nSPS) is 16.7. The third-order valence-electron chi connectivity index (χ3n) is 4.73. The summed E-state index contributed by atoms with van der Waals surface area (Å²) in [5.74, 6) is -5.11. The second kappa shape index (κ2) is 13.5. The molecule has 0 aliphatic heterocycles. The maximum absolute atomic E-state index is 12.5. The van der Waals surface area contributed by atoms with Crippen LogP contribution in [0, 0.1) is 5.92 Å². The SMILES string of the molecule is CCC(C)C(N)C(=O)NC(CO)C(=O)NC(CCC(N)=O)C(=O)NC(C(=O)O)C(C)O. The van der Waals surface area contributed by atoms with Gasteiger partial charge >= 0.3 is 5.97 Å². The topological polar surface area (TPSA) is 234 Å². The zero-order valence-corrected chi connectivity index (χ0v) is 17.8. The van der Waals surface area contributed by atoms with E-state index in [1.165, 1.54) is 0 Å². The molecule has 0 saturated heterocycles. The molecule has 0 radical (unpaired) electrons. The Labute approximate surface area is 179 Å². The van der Waals surface area contributed by atoms with Crippen LogP contribution in [0.2, 0.25) is 0 Å². The first-order chi connectivity index (χ1) is 14.3. The van der Waals surface area contributed by atoms with Crippen molar-refractivity contribution >= 4 is 29.6 Å². The Morgan fingerprint density at radius 2 is 1.45 bits per heavy atom. The number of carboxylic acids is 1. The van der Waals surface area contributed by atoms with Gasteiger partial charge in [-0.2, -0.15) is 0 Å². The van der Waals surface area contributed by atoms with E-state index < -0.39 is 66.5 Å². The predicted octanol–water partition coefficient (Wildman–Crippen LogP) is -3.46. The molecule has 13 nitrogen and oxygen atoms in total. The third-order valence-corrected chi connectivity index (χ3v) is 4.73. The number of carbonyl (C=O) groups excluding carboxylic acids is 4. The summed E-state index contributed by atoms with van der Waals surface area (Å²) < 4.78 is 0. The summed E-state index contributed by atoms with van der Waals surface area (Å²) >= 11 is 0. The fourth-order valence-electron chi connectivity index (χ4n) is 2.44. The van der Waals surface area contributed by atoms with Gasteiger partial charge in [0, 0.05) is 6.42 Å². The van der Waals surface area contributed by atoms with E-state index in [0.717, 1.165) is 6.92 Å². The molecule has 0 aromatic heterocycles. The monoisotopic (exact) mass is 447 g/mol. The molecular weight excluding hydrogens is 414 g/mol. The number of hydrogen-bond donors (Lipinski definition) is 8. The van der Waals surface area contributed by atoms with E-state index in [1.807, 2.05) is 6.92 Å². The fourth-order valence-corrected chi connectivity index (χ4v) is 2.44. The first-order valence-corrected chi connectivity index (χ1v) is 9.82. The summed E-state index contributed by atoms with van der Waals surface area (Å²) in [6.07, 6.45) is -1.44. The molecule has 0 aliphatic rings. The molecular formula is C18H33N5O8. The first-order valence-electron chi connectivity index (χ1n) is 9.82. The van der Waals surface area contributed by atoms with E-state index in [9.17, 15) is 34.2 Å². The third kappa shape index (κ3) is 9.72. The Bertz CT molecular complexity index is 657. The van der Waals surface area contributed by atoms with Crippen LogP contribution in [-0.2, 0) is 24.0 Å². The lowest BCUT2D eigenvalue weighted by molar-refractivity contribution is -0.145. The van der Waals surface area contributed by atoms with Crippen LogP contribution in [0.4, 0.5) is 0 Å². The second-order valence-corrected chi connectivity index (χ2v) is 7.29. The molecule has 6 atom stereocenters. The highest BCUT2D eigenvalue weighted by atomic mass is 16.4. The predicted molar refractivity (Wildman–Crippen MR) is 108 cm³/mol. The Morgan fingerprint density at radius 1 is 0.935 bits per heavy atom. The number of carboxylic acid groups (broad SMARTS) is 1. The van der Waals surface area contributed by atoms with Gasteiger partial charge in [0.25, 0.3) is 0 Å². The highest BCUT2D eigenvalue weighted by Crippen LogP contribution is 2.06. The van der Waals surface area contributed by atoms with Gasteiger partial charge in [0.05, 0.1) is 18.8 Å². The van der Waals surface area contributed by atoms with Crippen LogP contribution in [0.5, 0.6) is 0 Å². The highest BCUT2D eigenvalue weighted by Gasteiger charge is 2.32. The summed E-state index contributed by atoms with van der Waals surface area (Å²) in [6, 6.07) is -5.46. The Morgan fingerprint density at radius 3 is 1.87 bits per heavy atom. The van der Waals surface area contributed by atoms with Gasteiger partial charge in [0.1, 0.15) is 12.1 Å². The summed E-state index contributed by atoms with van der Waals surface area (Å²) in [6.45, 7) is 3.91. The van der Waals surface area contributed by atoms with Crippen LogP contribution < -0.4 is 27.4 Å². The van der Waals surface area contributed by atoms with Crippen LogP contribution in [0.3, 0.4) is 0 Å². The lowest BCUT2D eigenvalue weighted by Gasteiger charge is -2.25. The zero-order chi connectivity index (χ0) is 24.3. The van der Waals surface area contributed by atoms with Crippen LogP contribution in [0.15, 0.2) is 0 Å². The molecule has 4 amide bonds. The smallest absolute Gasteiger partial charge is 0.328 e. The van der Waals surface area contributed by atoms with Gasteiger partial charge in [-0.25, -0.2) is 4.79 Å². The van der Waals surface area contributed by atoms with Crippen molar-refractivity contribution in [2.24, 2.45) is 17.4 Å². The van der Waals surface area contributed by atoms with Crippen molar-refractivity contribution in [3.8, 4) is 0 Å². The lowest BCUT2D eigenvalue weighted by Crippen LogP contribution is -2.59. The molecule has 0 spiro atoms. The molecule has 10 N–H and O–H groups in total. The minimum Gasteiger partial charge on any atom is -0.480 e. The average Bonchev–Trinajstić information content (AvgIpc) is 2.70. The first kappa shape index (κ1) is 28.2. The van der Waals surface area contributed by atoms with E-state index in [2.05, 4.69) is 16.0 Å². The molecule has 0 fully saturated rings. The Balaban J connectivity index is 5.36. The maximum Gasteiger partial charge on any atom is 0.328 e. The number of aliphatic carboxylic acids is 1. The summed E-state index contributed by atoms with van der Waals surface area (Å²) in [5.41, 5.74) is 10.9. The van der Waals surface area contributed by atoms with Crippen molar-refractivity contribution in [3.63, 3.8) is 0 Å². The quantitative estimate of drug-likeness (QED) is 0.132. The Kier molecular flexibility index (Phi) is 12.3. The van der Waals surface area contributed by atoms with Crippen molar-refractivity contribution in [2.45, 2.75) is 70.3 Å². The number of aliphatic hydroxyl groups excluding tert-OH is 2. The van der Waals surface area contributed by atoms with Gasteiger partial charge in [-0.05, 0) is 19.3 Å². The zero-order valence-electron chi connectivity index (χ0n) is 17.8. The summed E-state index contributed by atoms with van der Waals surface area (Å²) in [5, 5.41) is 34.7. The van der Waals surface area contributed by atoms with E-state index in [4.69, 9.17) is 16.6 Å². The number of aliphatic hydroxyl groups is 2. The molecule has 31 heavy (non-hydrogen) atoms. The average molecular weight is 447 g/mol. The highest BCUT2D eigenvalue weighted by molar-refractivity contribution is 5.94. The van der Waals surface area contributed by atoms with Gasteiger partial charge < -0.3 is 42.7 Å². The number of carbonyl (C=O) groups is 5. The number of primary amides is 1. The van der Waals surface area contributed by atoms with Crippen LogP contribution in [0.1, 0.15) is 40.0 Å². The van der Waals surface area contributed by atoms with E-state index in [1.54, 1.807) is 6.92 Å². The fraction of sp³-hybridized carbons (Fsp3) is 0.722. The molecule has 6 unspecified atom stereocenters. The minimum absolute atomic E-state index is 0.190. The van der Waals surface area contributed by atoms with Gasteiger partial charge in [-0.3, -0.25) is 19.2 Å². The van der Waals surface area contributed by atoms with Crippen LogP contribution in [0.25, 0.3) is 0 Å². The number of hydrogen-bond acceptors (Lipinski definition) is 8. The largest absolute Gasteiger partial charge is 0.480 e. The number of amides is 4. The van der Waals surface area contributed by atoms with Gasteiger partial charge in [0.15, 0.2) is 6.04 Å². The summed E-state index contributed by atoms with van der Waals surface area (Å²) in [7, 11) is 0. The number of nitrogens with two attached hydrogens (primary N) is 2. The van der Waals surface area contributed by atoms with Crippen molar-refractivity contribution in [3.05, 3.63) is 0 Å². The summed E-state index contributed by atoms with van der Waals surface area (Å²) in [4.78, 5) is 59.4. The standard InChI is InChI=1S/C18H33N5O8/c1-4-8(2)13(20)17(29)22-11(7-24)16(28)21-10(5-6-12(19)26)15(27)23-14(9(3)25)18(30)31/h8-11,13-14,24-25H,4-7,20H2,1-3H3,(H2,19,26)(H,21,28)(H,22,29)(H,23,27)(H,30,31). The van der Waals surface area contributed by atoms with Gasteiger partial charge in [0.2, 0.25) is 23.6 Å². The van der Waals surface area contributed by atoms with Crippen molar-refractivity contribution < 1.29 is 39.3 Å². The lowest BCUT2D eigenvalue weighted by atomic mass is 9.99.